The summed E-state index contributed by atoms with van der Waals surface area (Å²) in [4.78, 5) is 1.08. The number of thiophene rings is 1. The van der Waals surface area contributed by atoms with Gasteiger partial charge in [0, 0.05) is 25.1 Å². The summed E-state index contributed by atoms with van der Waals surface area (Å²) >= 11 is 6.30. The van der Waals surface area contributed by atoms with Gasteiger partial charge in [0.2, 0.25) is 0 Å². The van der Waals surface area contributed by atoms with E-state index in [2.05, 4.69) is 56.0 Å². The van der Waals surface area contributed by atoms with Gasteiger partial charge in [-0.05, 0) is 30.7 Å². The standard InChI is InChI=1S/C13H10S2/c1-8-6-10-9-4-2-3-5-12(9)15-13(10)7-11(8)14/h2-7,14H,1H3. The molecule has 0 bridgehead atoms. The van der Waals surface area contributed by atoms with E-state index in [0.717, 1.165) is 4.90 Å². The van der Waals surface area contributed by atoms with E-state index in [9.17, 15) is 0 Å². The Labute approximate surface area is 98.0 Å². The predicted molar refractivity (Wildman–Crippen MR) is 71.3 cm³/mol. The second kappa shape index (κ2) is 3.26. The Balaban J connectivity index is 2.56. The van der Waals surface area contributed by atoms with Gasteiger partial charge in [0.15, 0.2) is 0 Å². The minimum atomic E-state index is 1.08. The number of fused-ring (bicyclic) bond motifs is 3. The van der Waals surface area contributed by atoms with E-state index in [0.29, 0.717) is 0 Å². The number of thiol groups is 1. The Morgan fingerprint density at radius 2 is 1.80 bits per heavy atom. The molecule has 0 radical (unpaired) electrons. The quantitative estimate of drug-likeness (QED) is 0.534. The molecule has 0 aliphatic heterocycles. The third-order valence-corrected chi connectivity index (χ3v) is 4.31. The highest BCUT2D eigenvalue weighted by Crippen LogP contribution is 2.35. The van der Waals surface area contributed by atoms with Crippen molar-refractivity contribution in [1.29, 1.82) is 0 Å². The normalized spacial score (nSPS) is 11.3. The first-order valence-corrected chi connectivity index (χ1v) is 6.13. The molecule has 0 atom stereocenters. The molecular weight excluding hydrogens is 220 g/mol. The van der Waals surface area contributed by atoms with Crippen LogP contribution in [0.3, 0.4) is 0 Å². The van der Waals surface area contributed by atoms with Crippen molar-refractivity contribution < 1.29 is 0 Å². The fraction of sp³-hybridized carbons (Fsp3) is 0.0769. The highest BCUT2D eigenvalue weighted by molar-refractivity contribution is 7.80. The third-order valence-electron chi connectivity index (χ3n) is 2.70. The summed E-state index contributed by atoms with van der Waals surface area (Å²) in [6, 6.07) is 12.9. The zero-order chi connectivity index (χ0) is 10.4. The first-order chi connectivity index (χ1) is 7.25. The monoisotopic (exact) mass is 230 g/mol. The molecule has 0 saturated carbocycles. The molecule has 0 saturated heterocycles. The molecule has 0 spiro atoms. The number of hydrogen-bond donors (Lipinski definition) is 1. The van der Waals surface area contributed by atoms with Crippen LogP contribution in [-0.2, 0) is 0 Å². The maximum Gasteiger partial charge on any atom is 0.0366 e. The third kappa shape index (κ3) is 1.36. The van der Waals surface area contributed by atoms with Crippen LogP contribution in [0, 0.1) is 6.92 Å². The lowest BCUT2D eigenvalue weighted by molar-refractivity contribution is 1.35. The number of rotatable bonds is 0. The summed E-state index contributed by atoms with van der Waals surface area (Å²) in [5.41, 5.74) is 1.24. The molecule has 3 aromatic rings. The highest BCUT2D eigenvalue weighted by Gasteiger charge is 2.05. The Morgan fingerprint density at radius 3 is 2.67 bits per heavy atom. The van der Waals surface area contributed by atoms with Crippen molar-refractivity contribution >= 4 is 44.1 Å². The van der Waals surface area contributed by atoms with E-state index in [1.807, 2.05) is 11.3 Å². The number of benzene rings is 2. The molecule has 15 heavy (non-hydrogen) atoms. The van der Waals surface area contributed by atoms with Crippen LogP contribution in [0.15, 0.2) is 41.3 Å². The minimum absolute atomic E-state index is 1.08. The SMILES string of the molecule is Cc1cc2c(cc1S)sc1ccccc12. The molecule has 1 aromatic heterocycles. The second-order valence-electron chi connectivity index (χ2n) is 3.73. The molecule has 0 fully saturated rings. The Hall–Kier alpha value is -0.990. The van der Waals surface area contributed by atoms with Gasteiger partial charge in [-0.2, -0.15) is 0 Å². The van der Waals surface area contributed by atoms with Gasteiger partial charge in [-0.25, -0.2) is 0 Å². The molecule has 0 N–H and O–H groups in total. The van der Waals surface area contributed by atoms with Gasteiger partial charge in [0.1, 0.15) is 0 Å². The molecule has 74 valence electrons. The first-order valence-electron chi connectivity index (χ1n) is 4.86. The molecule has 2 aromatic carbocycles. The Kier molecular flexibility index (Phi) is 2.01. The molecule has 0 nitrogen and oxygen atoms in total. The summed E-state index contributed by atoms with van der Waals surface area (Å²) in [5.74, 6) is 0. The van der Waals surface area contributed by atoms with Crippen molar-refractivity contribution in [2.45, 2.75) is 11.8 Å². The van der Waals surface area contributed by atoms with Crippen LogP contribution >= 0.6 is 24.0 Å². The van der Waals surface area contributed by atoms with E-state index >= 15 is 0 Å². The number of hydrogen-bond acceptors (Lipinski definition) is 2. The zero-order valence-electron chi connectivity index (χ0n) is 8.32. The van der Waals surface area contributed by atoms with Gasteiger partial charge < -0.3 is 0 Å². The molecule has 0 amide bonds. The van der Waals surface area contributed by atoms with E-state index in [4.69, 9.17) is 0 Å². The predicted octanol–water partition coefficient (Wildman–Crippen LogP) is 4.65. The van der Waals surface area contributed by atoms with Gasteiger partial charge in [0.25, 0.3) is 0 Å². The smallest absolute Gasteiger partial charge is 0.0366 e. The molecular formula is C13H10S2. The highest BCUT2D eigenvalue weighted by atomic mass is 32.1. The lowest BCUT2D eigenvalue weighted by Gasteiger charge is -1.98. The van der Waals surface area contributed by atoms with E-state index in [1.165, 1.54) is 25.7 Å². The van der Waals surface area contributed by atoms with E-state index < -0.39 is 0 Å². The lowest BCUT2D eigenvalue weighted by atomic mass is 10.1. The number of aryl methyl sites for hydroxylation is 1. The minimum Gasteiger partial charge on any atom is -0.143 e. The van der Waals surface area contributed by atoms with Gasteiger partial charge >= 0.3 is 0 Å². The largest absolute Gasteiger partial charge is 0.143 e. The first kappa shape index (κ1) is 9.25. The topological polar surface area (TPSA) is 0 Å². The molecule has 0 aliphatic carbocycles. The summed E-state index contributed by atoms with van der Waals surface area (Å²) in [5, 5.41) is 2.71. The van der Waals surface area contributed by atoms with Crippen molar-refractivity contribution in [3.63, 3.8) is 0 Å². The fourth-order valence-corrected chi connectivity index (χ4v) is 3.28. The summed E-state index contributed by atoms with van der Waals surface area (Å²) in [6.07, 6.45) is 0. The zero-order valence-corrected chi connectivity index (χ0v) is 10.0. The van der Waals surface area contributed by atoms with Gasteiger partial charge in [0.05, 0.1) is 0 Å². The Bertz CT molecular complexity index is 650. The van der Waals surface area contributed by atoms with Crippen LogP contribution in [0.4, 0.5) is 0 Å². The van der Waals surface area contributed by atoms with Crippen molar-refractivity contribution in [1.82, 2.24) is 0 Å². The van der Waals surface area contributed by atoms with Gasteiger partial charge in [-0.15, -0.1) is 24.0 Å². The molecule has 0 aliphatic rings. The molecule has 1 heterocycles. The van der Waals surface area contributed by atoms with Crippen molar-refractivity contribution in [3.05, 3.63) is 42.0 Å². The average Bonchev–Trinajstić information content (AvgIpc) is 2.57. The van der Waals surface area contributed by atoms with Gasteiger partial charge in [-0.3, -0.25) is 0 Å². The summed E-state index contributed by atoms with van der Waals surface area (Å²) < 4.78 is 2.68. The van der Waals surface area contributed by atoms with Crippen molar-refractivity contribution in [2.24, 2.45) is 0 Å². The Morgan fingerprint density at radius 1 is 1.00 bits per heavy atom. The maximum absolute atomic E-state index is 4.46. The van der Waals surface area contributed by atoms with Crippen LogP contribution < -0.4 is 0 Å². The van der Waals surface area contributed by atoms with E-state index in [-0.39, 0.29) is 0 Å². The fourth-order valence-electron chi connectivity index (χ4n) is 1.87. The molecule has 3 rings (SSSR count). The summed E-state index contributed by atoms with van der Waals surface area (Å²) in [7, 11) is 0. The maximum atomic E-state index is 4.46. The van der Waals surface area contributed by atoms with Crippen LogP contribution in [0.1, 0.15) is 5.56 Å². The summed E-state index contributed by atoms with van der Waals surface area (Å²) in [6.45, 7) is 2.11. The van der Waals surface area contributed by atoms with E-state index in [1.54, 1.807) is 0 Å². The van der Waals surface area contributed by atoms with Crippen LogP contribution in [0.25, 0.3) is 20.2 Å². The van der Waals surface area contributed by atoms with Gasteiger partial charge in [-0.1, -0.05) is 18.2 Å². The van der Waals surface area contributed by atoms with Crippen molar-refractivity contribution in [2.75, 3.05) is 0 Å². The molecule has 2 heteroatoms. The van der Waals surface area contributed by atoms with Crippen LogP contribution in [0.5, 0.6) is 0 Å². The van der Waals surface area contributed by atoms with Crippen LogP contribution in [0.2, 0.25) is 0 Å². The average molecular weight is 230 g/mol. The molecule has 0 unspecified atom stereocenters. The lowest BCUT2D eigenvalue weighted by Crippen LogP contribution is -1.74. The van der Waals surface area contributed by atoms with Crippen LogP contribution in [-0.4, -0.2) is 0 Å². The van der Waals surface area contributed by atoms with Crippen molar-refractivity contribution in [3.8, 4) is 0 Å². The second-order valence-corrected chi connectivity index (χ2v) is 5.30.